The van der Waals surface area contributed by atoms with Crippen LogP contribution in [0.4, 0.5) is 0 Å². The summed E-state index contributed by atoms with van der Waals surface area (Å²) in [6.07, 6.45) is 8.26. The van der Waals surface area contributed by atoms with Gasteiger partial charge in [-0.25, -0.2) is 0 Å². The Balaban J connectivity index is 1.28. The van der Waals surface area contributed by atoms with Gasteiger partial charge < -0.3 is 4.52 Å². The minimum absolute atomic E-state index is 0.586. The Morgan fingerprint density at radius 3 is 2.92 bits per heavy atom. The van der Waals surface area contributed by atoms with E-state index in [4.69, 9.17) is 4.52 Å². The number of nitrogens with zero attached hydrogens (tertiary/aromatic N) is 5. The predicted octanol–water partition coefficient (Wildman–Crippen LogP) is 3.03. The molecule has 0 saturated carbocycles. The molecule has 1 atom stereocenters. The second-order valence-electron chi connectivity index (χ2n) is 6.54. The van der Waals surface area contributed by atoms with Crippen molar-refractivity contribution in [2.24, 2.45) is 0 Å². The lowest BCUT2D eigenvalue weighted by Gasteiger charge is -2.24. The summed E-state index contributed by atoms with van der Waals surface area (Å²) < 4.78 is 7.44. The van der Waals surface area contributed by atoms with Gasteiger partial charge in [0, 0.05) is 30.4 Å². The fraction of sp³-hybridized carbons (Fsp3) is 0.421. The summed E-state index contributed by atoms with van der Waals surface area (Å²) >= 11 is 0. The first-order valence-corrected chi connectivity index (χ1v) is 8.98. The maximum absolute atomic E-state index is 5.40. The molecule has 0 aliphatic carbocycles. The van der Waals surface area contributed by atoms with Crippen LogP contribution in [-0.2, 0) is 13.0 Å². The summed E-state index contributed by atoms with van der Waals surface area (Å²) in [7, 11) is 0. The molecule has 1 aliphatic heterocycles. The highest BCUT2D eigenvalue weighted by molar-refractivity contribution is 5.53. The van der Waals surface area contributed by atoms with Gasteiger partial charge in [0.25, 0.3) is 0 Å². The first kappa shape index (κ1) is 16.0. The van der Waals surface area contributed by atoms with Crippen LogP contribution in [0.25, 0.3) is 11.4 Å². The van der Waals surface area contributed by atoms with Crippen molar-refractivity contribution in [2.45, 2.75) is 38.3 Å². The maximum Gasteiger partial charge on any atom is 0.227 e. The smallest absolute Gasteiger partial charge is 0.227 e. The van der Waals surface area contributed by atoms with Gasteiger partial charge >= 0.3 is 0 Å². The predicted molar refractivity (Wildman–Crippen MR) is 94.9 cm³/mol. The van der Waals surface area contributed by atoms with Gasteiger partial charge in [-0.15, -0.1) is 0 Å². The molecule has 0 spiro atoms. The van der Waals surface area contributed by atoms with Gasteiger partial charge in [-0.1, -0.05) is 35.5 Å². The SMILES string of the molecule is c1ccc(-c2noc(CCCN3CCCC3Cn3cccn3)n2)cc1. The molecule has 6 heteroatoms. The van der Waals surface area contributed by atoms with Crippen LogP contribution >= 0.6 is 0 Å². The molecule has 0 amide bonds. The van der Waals surface area contributed by atoms with Crippen LogP contribution in [-0.4, -0.2) is 44.0 Å². The Morgan fingerprint density at radius 1 is 1.16 bits per heavy atom. The number of benzene rings is 1. The van der Waals surface area contributed by atoms with Gasteiger partial charge in [0.15, 0.2) is 0 Å². The van der Waals surface area contributed by atoms with Crippen molar-refractivity contribution in [3.05, 3.63) is 54.7 Å². The molecule has 1 saturated heterocycles. The van der Waals surface area contributed by atoms with E-state index in [1.165, 1.54) is 19.4 Å². The molecule has 0 bridgehead atoms. The number of rotatable bonds is 7. The first-order valence-electron chi connectivity index (χ1n) is 8.98. The Hall–Kier alpha value is -2.47. The number of hydrogen-bond acceptors (Lipinski definition) is 5. The molecule has 1 aliphatic rings. The zero-order valence-electron chi connectivity index (χ0n) is 14.3. The van der Waals surface area contributed by atoms with E-state index in [0.29, 0.717) is 11.9 Å². The van der Waals surface area contributed by atoms with Crippen molar-refractivity contribution < 1.29 is 4.52 Å². The summed E-state index contributed by atoms with van der Waals surface area (Å²) in [6.45, 7) is 3.21. The third-order valence-corrected chi connectivity index (χ3v) is 4.79. The van der Waals surface area contributed by atoms with Crippen molar-refractivity contribution in [1.82, 2.24) is 24.8 Å². The molecule has 1 aromatic carbocycles. The molecule has 0 radical (unpaired) electrons. The average molecular weight is 337 g/mol. The summed E-state index contributed by atoms with van der Waals surface area (Å²) in [5, 5.41) is 8.42. The van der Waals surface area contributed by atoms with Crippen LogP contribution in [0.1, 0.15) is 25.2 Å². The third kappa shape index (κ3) is 3.96. The minimum Gasteiger partial charge on any atom is -0.339 e. The van der Waals surface area contributed by atoms with Gasteiger partial charge in [-0.2, -0.15) is 10.1 Å². The lowest BCUT2D eigenvalue weighted by Crippen LogP contribution is -2.34. The normalized spacial score (nSPS) is 18.0. The van der Waals surface area contributed by atoms with E-state index in [9.17, 15) is 0 Å². The Kier molecular flexibility index (Phi) is 4.88. The van der Waals surface area contributed by atoms with Crippen molar-refractivity contribution >= 4 is 0 Å². The van der Waals surface area contributed by atoms with E-state index >= 15 is 0 Å². The molecule has 6 nitrogen and oxygen atoms in total. The molecule has 1 unspecified atom stereocenters. The highest BCUT2D eigenvalue weighted by Crippen LogP contribution is 2.20. The van der Waals surface area contributed by atoms with Gasteiger partial charge in [0.2, 0.25) is 11.7 Å². The van der Waals surface area contributed by atoms with Crippen molar-refractivity contribution in [3.8, 4) is 11.4 Å². The number of aryl methyl sites for hydroxylation is 1. The quantitative estimate of drug-likeness (QED) is 0.663. The summed E-state index contributed by atoms with van der Waals surface area (Å²) in [5.41, 5.74) is 0.997. The zero-order valence-corrected chi connectivity index (χ0v) is 14.3. The molecule has 3 heterocycles. The van der Waals surface area contributed by atoms with E-state index in [-0.39, 0.29) is 0 Å². The Morgan fingerprint density at radius 2 is 2.08 bits per heavy atom. The Labute approximate surface area is 147 Å². The average Bonchev–Trinajstić information content (AvgIpc) is 3.39. The minimum atomic E-state index is 0.586. The van der Waals surface area contributed by atoms with Gasteiger partial charge in [0.05, 0.1) is 6.54 Å². The highest BCUT2D eigenvalue weighted by Gasteiger charge is 2.24. The lowest BCUT2D eigenvalue weighted by molar-refractivity contribution is 0.222. The Bertz CT molecular complexity index is 768. The van der Waals surface area contributed by atoms with Crippen LogP contribution in [0.2, 0.25) is 0 Å². The van der Waals surface area contributed by atoms with E-state index in [0.717, 1.165) is 37.4 Å². The number of likely N-dealkylation sites (tertiary alicyclic amines) is 1. The second-order valence-corrected chi connectivity index (χ2v) is 6.54. The third-order valence-electron chi connectivity index (χ3n) is 4.79. The van der Waals surface area contributed by atoms with Crippen molar-refractivity contribution in [3.63, 3.8) is 0 Å². The van der Waals surface area contributed by atoms with Crippen molar-refractivity contribution in [1.29, 1.82) is 0 Å². The largest absolute Gasteiger partial charge is 0.339 e. The van der Waals surface area contributed by atoms with Crippen LogP contribution in [0.3, 0.4) is 0 Å². The first-order chi connectivity index (χ1) is 12.4. The molecule has 2 aromatic heterocycles. The molecule has 4 rings (SSSR count). The molecule has 1 fully saturated rings. The van der Waals surface area contributed by atoms with Crippen LogP contribution < -0.4 is 0 Å². The van der Waals surface area contributed by atoms with Crippen LogP contribution in [0, 0.1) is 0 Å². The van der Waals surface area contributed by atoms with E-state index in [2.05, 4.69) is 20.1 Å². The second kappa shape index (κ2) is 7.61. The summed E-state index contributed by atoms with van der Waals surface area (Å²) in [6, 6.07) is 12.5. The van der Waals surface area contributed by atoms with Gasteiger partial charge in [-0.3, -0.25) is 9.58 Å². The fourth-order valence-corrected chi connectivity index (χ4v) is 3.51. The van der Waals surface area contributed by atoms with E-state index in [1.807, 2.05) is 53.5 Å². The molecule has 25 heavy (non-hydrogen) atoms. The number of hydrogen-bond donors (Lipinski definition) is 0. The summed E-state index contributed by atoms with van der Waals surface area (Å²) in [5.74, 6) is 1.40. The topological polar surface area (TPSA) is 60.0 Å². The fourth-order valence-electron chi connectivity index (χ4n) is 3.51. The summed E-state index contributed by atoms with van der Waals surface area (Å²) in [4.78, 5) is 7.08. The monoisotopic (exact) mass is 337 g/mol. The molecular weight excluding hydrogens is 314 g/mol. The van der Waals surface area contributed by atoms with Crippen LogP contribution in [0.5, 0.6) is 0 Å². The molecule has 130 valence electrons. The van der Waals surface area contributed by atoms with E-state index in [1.54, 1.807) is 0 Å². The molecule has 0 N–H and O–H groups in total. The highest BCUT2D eigenvalue weighted by atomic mass is 16.5. The van der Waals surface area contributed by atoms with E-state index < -0.39 is 0 Å². The standard InChI is InChI=1S/C19H23N5O/c1-2-7-16(8-3-1)19-21-18(25-22-19)10-5-13-23-12-4-9-17(23)15-24-14-6-11-20-24/h1-3,6-8,11,14,17H,4-5,9-10,12-13,15H2. The number of aromatic nitrogens is 4. The molecule has 3 aromatic rings. The zero-order chi connectivity index (χ0) is 16.9. The lowest BCUT2D eigenvalue weighted by atomic mass is 10.2. The van der Waals surface area contributed by atoms with Gasteiger partial charge in [0.1, 0.15) is 0 Å². The maximum atomic E-state index is 5.40. The van der Waals surface area contributed by atoms with Crippen LogP contribution in [0.15, 0.2) is 53.3 Å². The van der Waals surface area contributed by atoms with Crippen molar-refractivity contribution in [2.75, 3.05) is 13.1 Å². The molecular formula is C19H23N5O. The van der Waals surface area contributed by atoms with Gasteiger partial charge in [-0.05, 0) is 38.4 Å².